The molecule has 0 aromatic carbocycles. The van der Waals surface area contributed by atoms with E-state index < -0.39 is 40.5 Å². The minimum atomic E-state index is -5.93. The van der Waals surface area contributed by atoms with Crippen LogP contribution in [0.25, 0.3) is 0 Å². The Morgan fingerprint density at radius 3 is 0.595 bits per heavy atom. The molecule has 0 aliphatic heterocycles. The van der Waals surface area contributed by atoms with Crippen LogP contribution in [0.3, 0.4) is 0 Å². The van der Waals surface area contributed by atoms with Gasteiger partial charge in [0.15, 0.2) is 0 Å². The molecule has 2 radical (unpaired) electrons. The summed E-state index contributed by atoms with van der Waals surface area (Å²) in [5.74, 6) is 0. The second-order valence-corrected chi connectivity index (χ2v) is 15.5. The molecule has 0 unspecified atom stereocenters. The fraction of sp³-hybridized carbons (Fsp3) is 1.00. The molecule has 0 atom stereocenters. The molecule has 266 valence electrons. The molecular formula is C14H46N4O18P4Ru2. The first kappa shape index (κ1) is 70.0. The zero-order chi connectivity index (χ0) is 30.1. The topological polar surface area (TPSA) is 535 Å². The van der Waals surface area contributed by atoms with Gasteiger partial charge in [0.25, 0.3) is 0 Å². The number of rotatable bonds is 12. The summed E-state index contributed by atoms with van der Waals surface area (Å²) in [6, 6.07) is 0. The molecule has 20 N–H and O–H groups in total. The van der Waals surface area contributed by atoms with Crippen molar-refractivity contribution in [3.05, 3.63) is 0 Å². The minimum Gasteiger partial charge on any atom is -0.842 e. The van der Waals surface area contributed by atoms with Crippen molar-refractivity contribution in [2.75, 3.05) is 26.2 Å². The Kier molecular flexibility index (Phi) is 54.0. The van der Waals surface area contributed by atoms with E-state index in [9.17, 15) is 67.6 Å². The monoisotopic (exact) mass is 886 g/mol. The van der Waals surface area contributed by atoms with Gasteiger partial charge in [0, 0.05) is 0 Å². The maximum Gasteiger partial charge on any atom is 3.00 e. The summed E-state index contributed by atoms with van der Waals surface area (Å²) in [5, 5.41) is 12.8. The predicted octanol–water partition coefficient (Wildman–Crippen LogP) is -14.3. The Morgan fingerprint density at radius 2 is 0.548 bits per heavy atom. The molecule has 0 aliphatic carbocycles. The van der Waals surface area contributed by atoms with Gasteiger partial charge < -0.3 is 112 Å². The van der Waals surface area contributed by atoms with Gasteiger partial charge in [-0.25, -0.2) is 0 Å². The maximum absolute atomic E-state index is 10.4. The summed E-state index contributed by atoms with van der Waals surface area (Å²) in [6.45, 7) is 4.38. The van der Waals surface area contributed by atoms with Crippen LogP contribution < -0.4 is 72.3 Å². The van der Waals surface area contributed by atoms with Crippen molar-refractivity contribution in [3.8, 4) is 0 Å². The Morgan fingerprint density at radius 1 is 0.429 bits per heavy atom. The normalized spacial score (nSPS) is 11.0. The first-order valence-corrected chi connectivity index (χ1v) is 16.7. The summed E-state index contributed by atoms with van der Waals surface area (Å²) in [7, 11) is -23.7. The van der Waals surface area contributed by atoms with Gasteiger partial charge >= 0.3 is 39.0 Å². The molecule has 42 heavy (non-hydrogen) atoms. The molecule has 0 aromatic rings. The van der Waals surface area contributed by atoms with Crippen LogP contribution in [-0.4, -0.2) is 58.3 Å². The van der Waals surface area contributed by atoms with E-state index in [0.29, 0.717) is 0 Å². The fourth-order valence-electron chi connectivity index (χ4n) is 1.36. The maximum atomic E-state index is 10.4. The second-order valence-electron chi connectivity index (χ2n) is 7.39. The number of quaternary nitrogens is 4. The van der Waals surface area contributed by atoms with Crippen LogP contribution in [-0.2, 0) is 57.2 Å². The summed E-state index contributed by atoms with van der Waals surface area (Å²) >= 11 is 0. The third kappa shape index (κ3) is 32.8. The molecule has 0 fully saturated rings. The van der Waals surface area contributed by atoms with Crippen molar-refractivity contribution in [3.63, 3.8) is 0 Å². The zero-order valence-electron chi connectivity index (χ0n) is 23.1. The summed E-state index contributed by atoms with van der Waals surface area (Å²) in [4.78, 5) is 79.1. The van der Waals surface area contributed by atoms with Crippen molar-refractivity contribution in [2.45, 2.75) is 62.5 Å². The molecule has 0 saturated heterocycles. The van der Waals surface area contributed by atoms with Crippen LogP contribution in [0.2, 0.25) is 0 Å². The van der Waals surface area contributed by atoms with Crippen molar-refractivity contribution < 1.29 is 151 Å². The molecule has 0 aromatic heterocycles. The van der Waals surface area contributed by atoms with Gasteiger partial charge in [0.2, 0.25) is 0 Å². The predicted molar refractivity (Wildman–Crippen MR) is 120 cm³/mol. The van der Waals surface area contributed by atoms with Crippen molar-refractivity contribution in [2.24, 2.45) is 0 Å². The van der Waals surface area contributed by atoms with Gasteiger partial charge in [-0.3, -0.25) is 0 Å². The molecule has 28 heteroatoms. The SMILES string of the molecule is CC([O-])(P(=O)([O-])[O-])P(=O)([O-])[O-].CC([O-])(P(=O)([O-])[O-])P(=O)([O-])[O-].O.O.O.O.[NH3+]CCCCC[NH3+].[NH3+]CCCCC[NH3+].[Ru+3].[Ru+3]. The molecule has 22 nitrogen and oxygen atoms in total. The van der Waals surface area contributed by atoms with E-state index in [1.807, 2.05) is 0 Å². The average molecular weight is 885 g/mol. The summed E-state index contributed by atoms with van der Waals surface area (Å²) in [6.07, 6.45) is 7.72. The third-order valence-electron chi connectivity index (χ3n) is 4.03. The minimum absolute atomic E-state index is 0. The van der Waals surface area contributed by atoms with E-state index in [1.165, 1.54) is 38.5 Å². The van der Waals surface area contributed by atoms with Gasteiger partial charge in [0.1, 0.15) is 0 Å². The zero-order valence-corrected chi connectivity index (χ0v) is 30.2. The van der Waals surface area contributed by atoms with E-state index in [-0.39, 0.29) is 74.7 Å². The van der Waals surface area contributed by atoms with Crippen molar-refractivity contribution in [1.82, 2.24) is 0 Å². The largest absolute Gasteiger partial charge is 3.00 e. The quantitative estimate of drug-likeness (QED) is 0.0804. The van der Waals surface area contributed by atoms with E-state index in [1.54, 1.807) is 0 Å². The summed E-state index contributed by atoms with van der Waals surface area (Å²) < 4.78 is 39.5. The van der Waals surface area contributed by atoms with Crippen LogP contribution in [0.1, 0.15) is 52.4 Å². The first-order chi connectivity index (χ1) is 15.8. The van der Waals surface area contributed by atoms with Crippen LogP contribution >= 0.6 is 30.4 Å². The molecular weight excluding hydrogens is 838 g/mol. The molecule has 0 aliphatic rings. The Labute approximate surface area is 269 Å². The van der Waals surface area contributed by atoms with Crippen LogP contribution in [0.15, 0.2) is 0 Å². The first-order valence-electron chi connectivity index (χ1n) is 10.5. The molecule has 0 rings (SSSR count). The van der Waals surface area contributed by atoms with Gasteiger partial charge in [-0.2, -0.15) is 0 Å². The van der Waals surface area contributed by atoms with Crippen molar-refractivity contribution >= 4 is 30.4 Å². The van der Waals surface area contributed by atoms with Gasteiger partial charge in [-0.15, -0.1) is 0 Å². The second kappa shape index (κ2) is 32.4. The van der Waals surface area contributed by atoms with Crippen LogP contribution in [0, 0.1) is 0 Å². The van der Waals surface area contributed by atoms with Gasteiger partial charge in [-0.05, 0) is 38.5 Å². The molecule has 0 bridgehead atoms. The fourth-order valence-corrected chi connectivity index (χ4v) is 3.76. The van der Waals surface area contributed by atoms with Crippen LogP contribution in [0.4, 0.5) is 0 Å². The Bertz CT molecular complexity index is 644. The Balaban J connectivity index is -0.0000000395. The summed E-state index contributed by atoms with van der Waals surface area (Å²) in [5.41, 5.74) is 14.9. The van der Waals surface area contributed by atoms with Gasteiger partial charge in [0.05, 0.1) is 26.2 Å². The Hall–Kier alpha value is 1.45. The van der Waals surface area contributed by atoms with Gasteiger partial charge in [-0.1, -0.05) is 54.4 Å². The van der Waals surface area contributed by atoms with E-state index in [0.717, 1.165) is 26.2 Å². The standard InChI is InChI=1S/2C5H14N2.2C2H7O7P2.4H2O.2Ru/c2*6-4-2-1-3-5-7;2*1-2(3,10(4,5)6)11(7,8)9;;;;;;/h2*1-7H2;2*1H3,(H2,4,5,6)(H2,7,8,9);4*1H2;;/q;;2*-1;;;;;2*+3/p-4. The number of hydrogen-bond acceptors (Lipinski definition) is 14. The number of unbranched alkanes of at least 4 members (excludes halogenated alkanes) is 4. The van der Waals surface area contributed by atoms with Crippen LogP contribution in [0.5, 0.6) is 0 Å². The van der Waals surface area contributed by atoms with E-state index in [2.05, 4.69) is 22.9 Å². The van der Waals surface area contributed by atoms with E-state index >= 15 is 0 Å². The molecule has 0 heterocycles. The molecule has 0 saturated carbocycles. The average Bonchev–Trinajstić information content (AvgIpc) is 2.67. The molecule has 0 amide bonds. The number of hydrogen-bond donors (Lipinski definition) is 4. The third-order valence-corrected chi connectivity index (χ3v) is 11.0. The van der Waals surface area contributed by atoms with Crippen molar-refractivity contribution in [1.29, 1.82) is 0 Å². The smallest absolute Gasteiger partial charge is 0.842 e. The molecule has 0 spiro atoms. The van der Waals surface area contributed by atoms with E-state index in [4.69, 9.17) is 0 Å².